The van der Waals surface area contributed by atoms with E-state index in [-0.39, 0.29) is 17.3 Å². The number of aromatic nitrogens is 2. The van der Waals surface area contributed by atoms with Crippen molar-refractivity contribution < 1.29 is 39.9 Å². The quantitative estimate of drug-likeness (QED) is 0.0748. The highest BCUT2D eigenvalue weighted by Crippen LogP contribution is 2.31. The normalized spacial score (nSPS) is 22.8. The molecule has 0 radical (unpaired) electrons. The number of hydrogen-bond donors (Lipinski definition) is 10. The van der Waals surface area contributed by atoms with Crippen molar-refractivity contribution in [2.75, 3.05) is 18.9 Å². The van der Waals surface area contributed by atoms with Crippen molar-refractivity contribution in [1.82, 2.24) is 14.9 Å². The minimum Gasteiger partial charge on any atom is -0.479 e. The molecule has 1 aliphatic rings. The van der Waals surface area contributed by atoms with E-state index in [0.29, 0.717) is 0 Å². The van der Waals surface area contributed by atoms with Gasteiger partial charge in [0, 0.05) is 18.2 Å². The van der Waals surface area contributed by atoms with Crippen LogP contribution < -0.4 is 33.9 Å². The van der Waals surface area contributed by atoms with E-state index < -0.39 is 79.9 Å². The number of aliphatic imine (C=N–C) groups is 1. The standard InChI is InChI=1S/C19H30N8O9/c20-10(7-29)15(31)25-11-1-2-12(27-5-8(6-28)14(21)26-18(27)34)36-13(11)19(35,16(32)33)3-9(30)4-24-17(22)23/h1-2,5,9-13,28-30,35H,3-4,6-7,20H2,(H,25,31)(H,32,33)(H2,21,26,34)(H4,22,23,24)/t9-,10+,11-,12-,13+,19-/m1/s1. The average molecular weight is 514 g/mol. The topological polar surface area (TPSA) is 308 Å². The highest BCUT2D eigenvalue weighted by Gasteiger charge is 2.52. The van der Waals surface area contributed by atoms with Gasteiger partial charge in [0.15, 0.2) is 17.8 Å². The number of hydrogen-bond acceptors (Lipinski definition) is 12. The van der Waals surface area contributed by atoms with Crippen molar-refractivity contribution in [3.63, 3.8) is 0 Å². The van der Waals surface area contributed by atoms with E-state index in [2.05, 4.69) is 15.3 Å². The van der Waals surface area contributed by atoms with E-state index in [1.807, 2.05) is 0 Å². The Labute approximate surface area is 203 Å². The number of carbonyl (C=O) groups excluding carboxylic acids is 1. The maximum Gasteiger partial charge on any atom is 0.351 e. The molecule has 0 spiro atoms. The van der Waals surface area contributed by atoms with Gasteiger partial charge in [-0.05, 0) is 6.08 Å². The van der Waals surface area contributed by atoms with Crippen LogP contribution in [0.25, 0.3) is 0 Å². The van der Waals surface area contributed by atoms with Gasteiger partial charge in [0.05, 0.1) is 31.9 Å². The first-order chi connectivity index (χ1) is 16.8. The second-order valence-electron chi connectivity index (χ2n) is 8.01. The van der Waals surface area contributed by atoms with Gasteiger partial charge in [-0.3, -0.25) is 14.4 Å². The van der Waals surface area contributed by atoms with Gasteiger partial charge < -0.3 is 58.5 Å². The Balaban J connectivity index is 2.52. The molecular weight excluding hydrogens is 484 g/mol. The summed E-state index contributed by atoms with van der Waals surface area (Å²) >= 11 is 0. The van der Waals surface area contributed by atoms with Crippen LogP contribution in [0.1, 0.15) is 18.2 Å². The minimum absolute atomic E-state index is 0.0636. The minimum atomic E-state index is -2.87. The van der Waals surface area contributed by atoms with Crippen molar-refractivity contribution >= 4 is 23.7 Å². The second-order valence-corrected chi connectivity index (χ2v) is 8.01. The number of nitrogens with one attached hydrogen (secondary N) is 1. The number of aliphatic hydroxyl groups excluding tert-OH is 3. The molecule has 1 aromatic rings. The first-order valence-corrected chi connectivity index (χ1v) is 10.5. The molecule has 1 amide bonds. The third-order valence-corrected chi connectivity index (χ3v) is 5.32. The summed E-state index contributed by atoms with van der Waals surface area (Å²) in [6.45, 7) is -1.77. The van der Waals surface area contributed by atoms with Crippen LogP contribution in [0.3, 0.4) is 0 Å². The van der Waals surface area contributed by atoms with E-state index in [1.165, 1.54) is 12.2 Å². The Kier molecular flexibility index (Phi) is 9.45. The number of ether oxygens (including phenoxy) is 1. The molecule has 14 N–H and O–H groups in total. The van der Waals surface area contributed by atoms with Gasteiger partial charge in [-0.15, -0.1) is 0 Å². The molecule has 0 aromatic carbocycles. The Hall–Kier alpha value is -3.61. The van der Waals surface area contributed by atoms with E-state index in [0.717, 1.165) is 10.8 Å². The molecule has 1 aromatic heterocycles. The Morgan fingerprint density at radius 3 is 2.53 bits per heavy atom. The largest absolute Gasteiger partial charge is 0.479 e. The molecule has 0 unspecified atom stereocenters. The molecule has 2 rings (SSSR count). The zero-order valence-electron chi connectivity index (χ0n) is 19.0. The van der Waals surface area contributed by atoms with Gasteiger partial charge >= 0.3 is 11.7 Å². The van der Waals surface area contributed by atoms with E-state index in [1.54, 1.807) is 0 Å². The first-order valence-electron chi connectivity index (χ1n) is 10.5. The van der Waals surface area contributed by atoms with Crippen LogP contribution in [-0.4, -0.2) is 96.0 Å². The monoisotopic (exact) mass is 514 g/mol. The third kappa shape index (κ3) is 6.53. The lowest BCUT2D eigenvalue weighted by Crippen LogP contribution is -2.63. The van der Waals surface area contributed by atoms with Gasteiger partial charge in [-0.1, -0.05) is 6.08 Å². The number of rotatable bonds is 11. The van der Waals surface area contributed by atoms with Crippen LogP contribution in [0, 0.1) is 0 Å². The fourth-order valence-electron chi connectivity index (χ4n) is 3.43. The number of nitrogens with two attached hydrogens (primary N) is 4. The van der Waals surface area contributed by atoms with Gasteiger partial charge in [-0.25, -0.2) is 9.59 Å². The number of nitrogen functional groups attached to an aromatic ring is 1. The average Bonchev–Trinajstić information content (AvgIpc) is 2.82. The van der Waals surface area contributed by atoms with E-state index >= 15 is 0 Å². The number of carboxylic acids is 1. The zero-order chi connectivity index (χ0) is 27.2. The Morgan fingerprint density at radius 2 is 1.97 bits per heavy atom. The number of carboxylic acid groups (broad SMARTS) is 1. The fraction of sp³-hybridized carbons (Fsp3) is 0.526. The van der Waals surface area contributed by atoms with E-state index in [4.69, 9.17) is 32.8 Å². The van der Waals surface area contributed by atoms with Crippen LogP contribution >= 0.6 is 0 Å². The number of nitrogens with zero attached hydrogens (tertiary/aromatic N) is 3. The van der Waals surface area contributed by atoms with Crippen molar-refractivity contribution in [2.24, 2.45) is 22.2 Å². The molecule has 200 valence electrons. The molecule has 2 heterocycles. The van der Waals surface area contributed by atoms with Crippen molar-refractivity contribution in [2.45, 2.75) is 49.1 Å². The predicted molar refractivity (Wildman–Crippen MR) is 123 cm³/mol. The summed E-state index contributed by atoms with van der Waals surface area (Å²) in [5, 5.41) is 52.3. The highest BCUT2D eigenvalue weighted by molar-refractivity contribution is 5.83. The molecule has 0 saturated carbocycles. The lowest BCUT2D eigenvalue weighted by molar-refractivity contribution is -0.197. The summed E-state index contributed by atoms with van der Waals surface area (Å²) in [5.74, 6) is -3.36. The van der Waals surface area contributed by atoms with Gasteiger partial charge in [0.1, 0.15) is 18.0 Å². The van der Waals surface area contributed by atoms with Crippen LogP contribution in [0.2, 0.25) is 0 Å². The highest BCUT2D eigenvalue weighted by atomic mass is 16.5. The Morgan fingerprint density at radius 1 is 1.31 bits per heavy atom. The molecule has 17 heteroatoms. The van der Waals surface area contributed by atoms with Crippen LogP contribution in [-0.2, 0) is 20.9 Å². The molecule has 0 aliphatic carbocycles. The third-order valence-electron chi connectivity index (χ3n) is 5.32. The molecule has 0 fully saturated rings. The van der Waals surface area contributed by atoms with Crippen molar-refractivity contribution in [3.8, 4) is 0 Å². The summed E-state index contributed by atoms with van der Waals surface area (Å²) < 4.78 is 6.62. The molecule has 1 aliphatic heterocycles. The maximum atomic E-state index is 12.4. The van der Waals surface area contributed by atoms with Crippen molar-refractivity contribution in [1.29, 1.82) is 0 Å². The number of carbonyl (C=O) groups is 2. The van der Waals surface area contributed by atoms with E-state index in [9.17, 15) is 34.8 Å². The summed E-state index contributed by atoms with van der Waals surface area (Å²) in [7, 11) is 0. The number of aliphatic carboxylic acids is 1. The number of amides is 1. The summed E-state index contributed by atoms with van der Waals surface area (Å²) in [6, 6.07) is -2.73. The summed E-state index contributed by atoms with van der Waals surface area (Å²) in [5.41, 5.74) is 17.8. The first kappa shape index (κ1) is 28.6. The fourth-order valence-corrected chi connectivity index (χ4v) is 3.43. The SMILES string of the molecule is NC(N)=NC[C@H](O)C[C@](O)(C(=O)O)[C@H]1O[C@@H](n2cc(CO)c(N)nc2=O)C=C[C@H]1NC(=O)[C@@H](N)CO. The molecule has 17 nitrogen and oxygen atoms in total. The summed E-state index contributed by atoms with van der Waals surface area (Å²) in [4.78, 5) is 44.1. The van der Waals surface area contributed by atoms with Gasteiger partial charge in [-0.2, -0.15) is 4.98 Å². The summed E-state index contributed by atoms with van der Waals surface area (Å²) in [6.07, 6.45) is -2.01. The van der Waals surface area contributed by atoms with Crippen LogP contribution in [0.15, 0.2) is 28.1 Å². The molecular formula is C19H30N8O9. The lowest BCUT2D eigenvalue weighted by atomic mass is 9.84. The van der Waals surface area contributed by atoms with Gasteiger partial charge in [0.2, 0.25) is 5.91 Å². The maximum absolute atomic E-state index is 12.4. The molecule has 0 saturated heterocycles. The zero-order valence-corrected chi connectivity index (χ0v) is 19.0. The number of guanidine groups is 1. The van der Waals surface area contributed by atoms with Crippen LogP contribution in [0.4, 0.5) is 5.82 Å². The number of anilines is 1. The smallest absolute Gasteiger partial charge is 0.351 e. The lowest BCUT2D eigenvalue weighted by Gasteiger charge is -2.41. The Bertz CT molecular complexity index is 1070. The van der Waals surface area contributed by atoms with Crippen LogP contribution in [0.5, 0.6) is 0 Å². The number of aliphatic hydroxyl groups is 4. The van der Waals surface area contributed by atoms with Crippen molar-refractivity contribution in [3.05, 3.63) is 34.4 Å². The molecule has 36 heavy (non-hydrogen) atoms. The second kappa shape index (κ2) is 11.9. The molecule has 0 bridgehead atoms. The van der Waals surface area contributed by atoms with Gasteiger partial charge in [0.25, 0.3) is 0 Å². The predicted octanol–water partition coefficient (Wildman–Crippen LogP) is -5.58. The molecule has 6 atom stereocenters.